The summed E-state index contributed by atoms with van der Waals surface area (Å²) in [6, 6.07) is 8.98. The average molecular weight is 381 g/mol. The fourth-order valence-electron chi connectivity index (χ4n) is 3.35. The Labute approximate surface area is 161 Å². The first-order valence-corrected chi connectivity index (χ1v) is 9.28. The van der Waals surface area contributed by atoms with E-state index in [1.54, 1.807) is 41.6 Å². The zero-order valence-corrected chi connectivity index (χ0v) is 15.2. The summed E-state index contributed by atoms with van der Waals surface area (Å²) in [4.78, 5) is 23.0. The van der Waals surface area contributed by atoms with Crippen LogP contribution < -0.4 is 5.32 Å². The standard InChI is InChI=1S/C20H20FN5O2/c21-15-6-3-4-7-16(15)23-20(27)26-13-5-1-2-8-17(26)19-24-18(25-28-19)14-9-11-22-12-10-14/h3-4,6-7,9-12,17H,1-2,5,8,13H2,(H,23,27). The highest BCUT2D eigenvalue weighted by molar-refractivity contribution is 5.89. The maximum Gasteiger partial charge on any atom is 0.322 e. The molecule has 1 aliphatic heterocycles. The van der Waals surface area contributed by atoms with Crippen LogP contribution in [0.15, 0.2) is 53.3 Å². The van der Waals surface area contributed by atoms with Gasteiger partial charge in [-0.25, -0.2) is 9.18 Å². The summed E-state index contributed by atoms with van der Waals surface area (Å²) < 4.78 is 19.4. The number of carbonyl (C=O) groups is 1. The number of hydrogen-bond donors (Lipinski definition) is 1. The fourth-order valence-corrected chi connectivity index (χ4v) is 3.35. The SMILES string of the molecule is O=C(Nc1ccccc1F)N1CCCCCC1c1nc(-c2ccncc2)no1. The molecule has 7 nitrogen and oxygen atoms in total. The van der Waals surface area contributed by atoms with Gasteiger partial charge in [-0.3, -0.25) is 4.98 Å². The molecule has 1 saturated heterocycles. The number of halogens is 1. The number of benzene rings is 1. The predicted molar refractivity (Wildman–Crippen MR) is 101 cm³/mol. The van der Waals surface area contributed by atoms with Crippen molar-refractivity contribution in [1.82, 2.24) is 20.0 Å². The Hall–Kier alpha value is -3.29. The molecule has 8 heteroatoms. The molecular weight excluding hydrogens is 361 g/mol. The van der Waals surface area contributed by atoms with Crippen LogP contribution in [0.25, 0.3) is 11.4 Å². The normalized spacial score (nSPS) is 17.2. The largest absolute Gasteiger partial charge is 0.337 e. The van der Waals surface area contributed by atoms with Gasteiger partial charge in [-0.1, -0.05) is 30.1 Å². The van der Waals surface area contributed by atoms with Gasteiger partial charge in [0.05, 0.1) is 5.69 Å². The second-order valence-corrected chi connectivity index (χ2v) is 6.66. The Bertz CT molecular complexity index is 947. The molecule has 1 atom stereocenters. The average Bonchev–Trinajstić information content (AvgIpc) is 3.08. The van der Waals surface area contributed by atoms with Crippen LogP contribution in [0.1, 0.15) is 37.6 Å². The molecule has 4 rings (SSSR count). The zero-order chi connectivity index (χ0) is 19.3. The van der Waals surface area contributed by atoms with Gasteiger partial charge in [0.1, 0.15) is 11.9 Å². The van der Waals surface area contributed by atoms with E-state index >= 15 is 0 Å². The fraction of sp³-hybridized carbons (Fsp3) is 0.300. The summed E-state index contributed by atoms with van der Waals surface area (Å²) in [6.07, 6.45) is 6.85. The molecule has 0 aliphatic carbocycles. The molecule has 0 saturated carbocycles. The number of nitrogens with zero attached hydrogens (tertiary/aromatic N) is 4. The van der Waals surface area contributed by atoms with E-state index in [1.807, 2.05) is 0 Å². The van der Waals surface area contributed by atoms with Crippen LogP contribution in [0.2, 0.25) is 0 Å². The predicted octanol–water partition coefficient (Wildman–Crippen LogP) is 4.42. The Morgan fingerprint density at radius 2 is 1.96 bits per heavy atom. The number of rotatable bonds is 3. The van der Waals surface area contributed by atoms with Gasteiger partial charge in [0, 0.05) is 24.5 Å². The number of hydrogen-bond acceptors (Lipinski definition) is 5. The van der Waals surface area contributed by atoms with Crippen molar-refractivity contribution in [2.75, 3.05) is 11.9 Å². The van der Waals surface area contributed by atoms with Gasteiger partial charge in [-0.15, -0.1) is 0 Å². The van der Waals surface area contributed by atoms with Crippen LogP contribution in [-0.4, -0.2) is 32.6 Å². The first kappa shape index (κ1) is 18.1. The van der Waals surface area contributed by atoms with E-state index in [0.29, 0.717) is 24.7 Å². The minimum atomic E-state index is -0.472. The lowest BCUT2D eigenvalue weighted by Crippen LogP contribution is -2.38. The van der Waals surface area contributed by atoms with Gasteiger partial charge in [0.25, 0.3) is 0 Å². The number of aromatic nitrogens is 3. The van der Waals surface area contributed by atoms with E-state index in [0.717, 1.165) is 24.8 Å². The molecule has 1 unspecified atom stereocenters. The third-order valence-electron chi connectivity index (χ3n) is 4.79. The summed E-state index contributed by atoms with van der Waals surface area (Å²) in [6.45, 7) is 0.540. The Kier molecular flexibility index (Phi) is 5.27. The summed E-state index contributed by atoms with van der Waals surface area (Å²) in [5.74, 6) is 0.369. The molecule has 1 N–H and O–H groups in total. The molecule has 3 aromatic rings. The lowest BCUT2D eigenvalue weighted by atomic mass is 10.1. The van der Waals surface area contributed by atoms with Crippen molar-refractivity contribution in [2.24, 2.45) is 0 Å². The van der Waals surface area contributed by atoms with Gasteiger partial charge in [0.2, 0.25) is 11.7 Å². The molecule has 1 fully saturated rings. The summed E-state index contributed by atoms with van der Waals surface area (Å²) in [5, 5.41) is 6.71. The molecule has 2 amide bonds. The number of para-hydroxylation sites is 1. The van der Waals surface area contributed by atoms with Crippen molar-refractivity contribution in [3.63, 3.8) is 0 Å². The summed E-state index contributed by atoms with van der Waals surface area (Å²) in [7, 11) is 0. The first-order valence-electron chi connectivity index (χ1n) is 9.28. The maximum absolute atomic E-state index is 13.9. The molecular formula is C20H20FN5O2. The van der Waals surface area contributed by atoms with E-state index in [9.17, 15) is 9.18 Å². The van der Waals surface area contributed by atoms with Crippen molar-refractivity contribution in [3.05, 3.63) is 60.5 Å². The second kappa shape index (κ2) is 8.16. The molecule has 28 heavy (non-hydrogen) atoms. The van der Waals surface area contributed by atoms with Crippen molar-refractivity contribution in [1.29, 1.82) is 0 Å². The van der Waals surface area contributed by atoms with E-state index in [-0.39, 0.29) is 17.8 Å². The van der Waals surface area contributed by atoms with Crippen molar-refractivity contribution < 1.29 is 13.7 Å². The molecule has 144 valence electrons. The van der Waals surface area contributed by atoms with E-state index in [4.69, 9.17) is 4.52 Å². The lowest BCUT2D eigenvalue weighted by molar-refractivity contribution is 0.171. The highest BCUT2D eigenvalue weighted by Crippen LogP contribution is 2.31. The highest BCUT2D eigenvalue weighted by atomic mass is 19.1. The van der Waals surface area contributed by atoms with Crippen LogP contribution in [0, 0.1) is 5.82 Å². The van der Waals surface area contributed by atoms with Crippen molar-refractivity contribution in [2.45, 2.75) is 31.7 Å². The molecule has 3 heterocycles. The van der Waals surface area contributed by atoms with Gasteiger partial charge < -0.3 is 14.7 Å². The van der Waals surface area contributed by atoms with Crippen molar-refractivity contribution in [3.8, 4) is 11.4 Å². The zero-order valence-electron chi connectivity index (χ0n) is 15.2. The number of urea groups is 1. The monoisotopic (exact) mass is 381 g/mol. The molecule has 1 aromatic carbocycles. The van der Waals surface area contributed by atoms with Gasteiger partial charge >= 0.3 is 6.03 Å². The quantitative estimate of drug-likeness (QED) is 0.726. The summed E-state index contributed by atoms with van der Waals surface area (Å²) in [5.41, 5.74) is 0.944. The number of amides is 2. The number of likely N-dealkylation sites (tertiary alicyclic amines) is 1. The maximum atomic E-state index is 13.9. The van der Waals surface area contributed by atoms with Gasteiger partial charge in [-0.05, 0) is 37.1 Å². The third kappa shape index (κ3) is 3.85. The van der Waals surface area contributed by atoms with Gasteiger partial charge in [0.15, 0.2) is 0 Å². The van der Waals surface area contributed by atoms with Crippen LogP contribution in [-0.2, 0) is 0 Å². The van der Waals surface area contributed by atoms with E-state index in [2.05, 4.69) is 20.4 Å². The topological polar surface area (TPSA) is 84.2 Å². The summed E-state index contributed by atoms with van der Waals surface area (Å²) >= 11 is 0. The minimum absolute atomic E-state index is 0.151. The Morgan fingerprint density at radius 1 is 1.14 bits per heavy atom. The molecule has 1 aliphatic rings. The lowest BCUT2D eigenvalue weighted by Gasteiger charge is -2.27. The van der Waals surface area contributed by atoms with Crippen LogP contribution in [0.4, 0.5) is 14.9 Å². The van der Waals surface area contributed by atoms with Gasteiger partial charge in [-0.2, -0.15) is 4.98 Å². The smallest absolute Gasteiger partial charge is 0.322 e. The molecule has 0 spiro atoms. The number of pyridine rings is 1. The minimum Gasteiger partial charge on any atom is -0.337 e. The number of nitrogens with one attached hydrogen (secondary N) is 1. The first-order chi connectivity index (χ1) is 13.7. The Balaban J connectivity index is 1.58. The van der Waals surface area contributed by atoms with Crippen LogP contribution >= 0.6 is 0 Å². The van der Waals surface area contributed by atoms with E-state index < -0.39 is 5.82 Å². The third-order valence-corrected chi connectivity index (χ3v) is 4.79. The number of anilines is 1. The highest BCUT2D eigenvalue weighted by Gasteiger charge is 2.31. The number of carbonyl (C=O) groups excluding carboxylic acids is 1. The van der Waals surface area contributed by atoms with Crippen LogP contribution in [0.5, 0.6) is 0 Å². The van der Waals surface area contributed by atoms with E-state index in [1.165, 1.54) is 12.1 Å². The molecule has 0 radical (unpaired) electrons. The van der Waals surface area contributed by atoms with Crippen molar-refractivity contribution >= 4 is 11.7 Å². The molecule has 2 aromatic heterocycles. The second-order valence-electron chi connectivity index (χ2n) is 6.66. The molecule has 0 bridgehead atoms. The van der Waals surface area contributed by atoms with Crippen LogP contribution in [0.3, 0.4) is 0 Å². The Morgan fingerprint density at radius 3 is 2.79 bits per heavy atom.